The number of fused-ring (bicyclic) bond motifs is 1. The molecule has 0 atom stereocenters. The first kappa shape index (κ1) is 16.9. The Bertz CT molecular complexity index is 853. The molecule has 25 heavy (non-hydrogen) atoms. The van der Waals surface area contributed by atoms with E-state index in [9.17, 15) is 4.79 Å². The van der Waals surface area contributed by atoms with Crippen LogP contribution in [0.15, 0.2) is 53.9 Å². The van der Waals surface area contributed by atoms with Crippen LogP contribution in [0, 0.1) is 0 Å². The molecule has 5 nitrogen and oxygen atoms in total. The molecule has 2 heterocycles. The second-order valence-corrected chi connectivity index (χ2v) is 6.75. The third-order valence-corrected chi connectivity index (χ3v) is 4.56. The molecule has 128 valence electrons. The number of pyridine rings is 1. The highest BCUT2D eigenvalue weighted by atomic mass is 16.2. The summed E-state index contributed by atoms with van der Waals surface area (Å²) in [6, 6.07) is 9.49. The fourth-order valence-electron chi connectivity index (χ4n) is 2.99. The van der Waals surface area contributed by atoms with Crippen molar-refractivity contribution in [2.75, 3.05) is 11.9 Å². The summed E-state index contributed by atoms with van der Waals surface area (Å²) in [5.74, 6) is -0.255. The topological polar surface area (TPSA) is 57.6 Å². The maximum absolute atomic E-state index is 12.0. The van der Waals surface area contributed by atoms with Crippen molar-refractivity contribution in [3.05, 3.63) is 65.5 Å². The van der Waals surface area contributed by atoms with Gasteiger partial charge in [-0.05, 0) is 56.2 Å². The normalized spacial score (nSPS) is 15.7. The van der Waals surface area contributed by atoms with Crippen LogP contribution in [0.25, 0.3) is 5.57 Å². The molecule has 1 aromatic carbocycles. The first-order valence-corrected chi connectivity index (χ1v) is 8.19. The Morgan fingerprint density at radius 2 is 1.96 bits per heavy atom. The molecule has 1 aromatic heterocycles. The van der Waals surface area contributed by atoms with Crippen molar-refractivity contribution in [2.45, 2.75) is 26.3 Å². The van der Waals surface area contributed by atoms with Crippen LogP contribution < -0.4 is 10.3 Å². The lowest BCUT2D eigenvalue weighted by atomic mass is 9.89. The molecule has 1 aliphatic rings. The van der Waals surface area contributed by atoms with E-state index >= 15 is 0 Å². The summed E-state index contributed by atoms with van der Waals surface area (Å²) in [4.78, 5) is 18.1. The number of aromatic nitrogens is 1. The molecular weight excluding hydrogens is 312 g/mol. The van der Waals surface area contributed by atoms with E-state index < -0.39 is 0 Å². The van der Waals surface area contributed by atoms with Crippen molar-refractivity contribution in [1.29, 1.82) is 0 Å². The molecule has 5 heteroatoms. The Hall–Kier alpha value is -2.95. The van der Waals surface area contributed by atoms with Crippen LogP contribution >= 0.6 is 0 Å². The Morgan fingerprint density at radius 1 is 1.24 bits per heavy atom. The van der Waals surface area contributed by atoms with Crippen molar-refractivity contribution in [2.24, 2.45) is 5.10 Å². The average Bonchev–Trinajstić information content (AvgIpc) is 2.60. The van der Waals surface area contributed by atoms with Gasteiger partial charge in [0.05, 0.1) is 11.8 Å². The number of likely N-dealkylation sites (N-methyl/N-ethyl adjacent to an activating group) is 1. The maximum Gasteiger partial charge on any atom is 0.271 e. The molecule has 1 aliphatic heterocycles. The number of hydrogen-bond donors (Lipinski definition) is 1. The van der Waals surface area contributed by atoms with Gasteiger partial charge in [-0.15, -0.1) is 0 Å². The summed E-state index contributed by atoms with van der Waals surface area (Å²) in [6.07, 6.45) is 7.08. The molecule has 0 unspecified atom stereocenters. The molecule has 0 saturated carbocycles. The standard InChI is InChI=1S/C20H22N4O/c1-14-12-20(2,3)24(4)18-6-5-15(11-17(14)18)13-22-23-19(25)16-7-9-21-10-8-16/h5-13H,1-4H3,(H,23,25)/b22-13+. The summed E-state index contributed by atoms with van der Waals surface area (Å²) in [7, 11) is 2.10. The van der Waals surface area contributed by atoms with Gasteiger partial charge >= 0.3 is 0 Å². The fourth-order valence-corrected chi connectivity index (χ4v) is 2.99. The number of allylic oxidation sites excluding steroid dienone is 1. The lowest BCUT2D eigenvalue weighted by molar-refractivity contribution is 0.0955. The second-order valence-electron chi connectivity index (χ2n) is 6.75. The summed E-state index contributed by atoms with van der Waals surface area (Å²) < 4.78 is 0. The first-order chi connectivity index (χ1) is 11.9. The molecule has 0 saturated heterocycles. The minimum absolute atomic E-state index is 0.00873. The summed E-state index contributed by atoms with van der Waals surface area (Å²) in [5, 5.41) is 4.06. The van der Waals surface area contributed by atoms with Crippen LogP contribution in [0.3, 0.4) is 0 Å². The first-order valence-electron chi connectivity index (χ1n) is 8.19. The van der Waals surface area contributed by atoms with E-state index in [-0.39, 0.29) is 11.4 Å². The van der Waals surface area contributed by atoms with E-state index in [4.69, 9.17) is 0 Å². The molecule has 2 aromatic rings. The molecule has 0 bridgehead atoms. The van der Waals surface area contributed by atoms with Gasteiger partial charge in [0, 0.05) is 36.3 Å². The monoisotopic (exact) mass is 334 g/mol. The Kier molecular flexibility index (Phi) is 4.40. The smallest absolute Gasteiger partial charge is 0.271 e. The SMILES string of the molecule is CC1=CC(C)(C)N(C)c2ccc(/C=N/NC(=O)c3ccncc3)cc21. The molecule has 1 amide bonds. The Morgan fingerprint density at radius 3 is 2.68 bits per heavy atom. The fraction of sp³-hybridized carbons (Fsp3) is 0.250. The Labute approximate surface area is 148 Å². The molecule has 0 spiro atoms. The van der Waals surface area contributed by atoms with Crippen LogP contribution in [0.1, 0.15) is 42.3 Å². The number of hydrogen-bond acceptors (Lipinski definition) is 4. The van der Waals surface area contributed by atoms with Crippen molar-refractivity contribution in [1.82, 2.24) is 10.4 Å². The van der Waals surface area contributed by atoms with Crippen molar-refractivity contribution >= 4 is 23.4 Å². The number of nitrogens with one attached hydrogen (secondary N) is 1. The highest BCUT2D eigenvalue weighted by molar-refractivity contribution is 5.95. The molecule has 0 aliphatic carbocycles. The third kappa shape index (κ3) is 3.45. The lowest BCUT2D eigenvalue weighted by Gasteiger charge is -2.40. The lowest BCUT2D eigenvalue weighted by Crippen LogP contribution is -2.42. The molecular formula is C20H22N4O. The zero-order chi connectivity index (χ0) is 18.0. The van der Waals surface area contributed by atoms with Gasteiger partial charge in [-0.2, -0.15) is 5.10 Å². The summed E-state index contributed by atoms with van der Waals surface area (Å²) >= 11 is 0. The van der Waals surface area contributed by atoms with E-state index in [2.05, 4.69) is 66.4 Å². The highest BCUT2D eigenvalue weighted by Gasteiger charge is 2.28. The van der Waals surface area contributed by atoms with Crippen molar-refractivity contribution in [3.8, 4) is 0 Å². The van der Waals surface area contributed by atoms with E-state index in [0.29, 0.717) is 5.56 Å². The second kappa shape index (κ2) is 6.51. The van der Waals surface area contributed by atoms with Gasteiger partial charge in [-0.25, -0.2) is 5.43 Å². The summed E-state index contributed by atoms with van der Waals surface area (Å²) in [5.41, 5.74) is 7.63. The van der Waals surface area contributed by atoms with Gasteiger partial charge in [0.1, 0.15) is 0 Å². The predicted octanol–water partition coefficient (Wildman–Crippen LogP) is 3.48. The van der Waals surface area contributed by atoms with Gasteiger partial charge in [-0.3, -0.25) is 9.78 Å². The van der Waals surface area contributed by atoms with Crippen LogP contribution in [0.4, 0.5) is 5.69 Å². The minimum Gasteiger partial charge on any atom is -0.366 e. The van der Waals surface area contributed by atoms with Crippen LogP contribution in [0.2, 0.25) is 0 Å². The molecule has 3 rings (SSSR count). The third-order valence-electron chi connectivity index (χ3n) is 4.56. The molecule has 1 N–H and O–H groups in total. The predicted molar refractivity (Wildman–Crippen MR) is 102 cm³/mol. The summed E-state index contributed by atoms with van der Waals surface area (Å²) in [6.45, 7) is 6.52. The maximum atomic E-state index is 12.0. The average molecular weight is 334 g/mol. The largest absolute Gasteiger partial charge is 0.366 e. The Balaban J connectivity index is 1.77. The number of rotatable bonds is 3. The van der Waals surface area contributed by atoms with Gasteiger partial charge in [0.25, 0.3) is 5.91 Å². The minimum atomic E-state index is -0.255. The van der Waals surface area contributed by atoms with Crippen LogP contribution in [-0.4, -0.2) is 29.7 Å². The van der Waals surface area contributed by atoms with Gasteiger partial charge in [0.2, 0.25) is 0 Å². The number of amides is 1. The number of hydrazone groups is 1. The number of anilines is 1. The highest BCUT2D eigenvalue weighted by Crippen LogP contribution is 2.37. The number of carbonyl (C=O) groups is 1. The van der Waals surface area contributed by atoms with Crippen LogP contribution in [-0.2, 0) is 0 Å². The van der Waals surface area contributed by atoms with Gasteiger partial charge in [0.15, 0.2) is 0 Å². The van der Waals surface area contributed by atoms with Crippen molar-refractivity contribution < 1.29 is 4.79 Å². The number of benzene rings is 1. The molecule has 0 fully saturated rings. The van der Waals surface area contributed by atoms with E-state index in [0.717, 1.165) is 5.56 Å². The zero-order valence-electron chi connectivity index (χ0n) is 14.9. The van der Waals surface area contributed by atoms with E-state index in [1.165, 1.54) is 16.8 Å². The quantitative estimate of drug-likeness (QED) is 0.690. The zero-order valence-corrected chi connectivity index (χ0v) is 14.9. The number of carbonyl (C=O) groups excluding carboxylic acids is 1. The number of nitrogens with zero attached hydrogens (tertiary/aromatic N) is 3. The van der Waals surface area contributed by atoms with E-state index in [1.54, 1.807) is 30.7 Å². The van der Waals surface area contributed by atoms with E-state index in [1.807, 2.05) is 6.07 Å². The van der Waals surface area contributed by atoms with Crippen LogP contribution in [0.5, 0.6) is 0 Å². The molecule has 0 radical (unpaired) electrons. The van der Waals surface area contributed by atoms with Gasteiger partial charge < -0.3 is 4.90 Å². The van der Waals surface area contributed by atoms with Gasteiger partial charge in [-0.1, -0.05) is 12.1 Å². The van der Waals surface area contributed by atoms with Crippen molar-refractivity contribution in [3.63, 3.8) is 0 Å².